The van der Waals surface area contributed by atoms with Crippen LogP contribution in [0.2, 0.25) is 5.02 Å². The number of aryl methyl sites for hydroxylation is 3. The van der Waals surface area contributed by atoms with E-state index in [1.807, 2.05) is 32.0 Å². The van der Waals surface area contributed by atoms with Crippen LogP contribution < -0.4 is 5.32 Å². The predicted molar refractivity (Wildman–Crippen MR) is 110 cm³/mol. The van der Waals surface area contributed by atoms with Crippen LogP contribution in [-0.4, -0.2) is 25.7 Å². The van der Waals surface area contributed by atoms with Gasteiger partial charge in [-0.05, 0) is 56.3 Å². The maximum atomic E-state index is 12.8. The molecule has 0 saturated carbocycles. The molecule has 0 aliphatic heterocycles. The van der Waals surface area contributed by atoms with E-state index in [1.165, 1.54) is 0 Å². The Kier molecular flexibility index (Phi) is 4.90. The Morgan fingerprint density at radius 3 is 2.48 bits per heavy atom. The van der Waals surface area contributed by atoms with E-state index in [2.05, 4.69) is 20.4 Å². The second-order valence-corrected chi connectivity index (χ2v) is 7.02. The van der Waals surface area contributed by atoms with Crippen LogP contribution in [0.25, 0.3) is 17.1 Å². The van der Waals surface area contributed by atoms with E-state index in [9.17, 15) is 4.79 Å². The Balaban J connectivity index is 1.57. The molecule has 4 aromatic rings. The third kappa shape index (κ3) is 3.90. The molecule has 3 heterocycles. The van der Waals surface area contributed by atoms with Crippen molar-refractivity contribution in [3.63, 3.8) is 0 Å². The number of rotatable bonds is 4. The fourth-order valence-corrected chi connectivity index (χ4v) is 3.16. The lowest BCUT2D eigenvalue weighted by atomic mass is 10.1. The summed E-state index contributed by atoms with van der Waals surface area (Å²) in [4.78, 5) is 21.3. The molecular formula is C21H18ClN5O2. The van der Waals surface area contributed by atoms with Crippen LogP contribution in [0, 0.1) is 20.8 Å². The largest absolute Gasteiger partial charge is 0.441 e. The zero-order valence-corrected chi connectivity index (χ0v) is 16.9. The number of amides is 1. The first-order chi connectivity index (χ1) is 13.9. The number of carbonyl (C=O) groups excluding carboxylic acids is 1. The number of benzene rings is 1. The molecule has 0 aliphatic carbocycles. The fraction of sp³-hybridized carbons (Fsp3) is 0.143. The molecule has 0 atom stereocenters. The third-order valence-electron chi connectivity index (χ3n) is 4.32. The number of hydrogen-bond donors (Lipinski definition) is 1. The summed E-state index contributed by atoms with van der Waals surface area (Å²) in [7, 11) is 0. The van der Waals surface area contributed by atoms with Crippen LogP contribution in [0.15, 0.2) is 53.1 Å². The van der Waals surface area contributed by atoms with Crippen LogP contribution in [-0.2, 0) is 0 Å². The summed E-state index contributed by atoms with van der Waals surface area (Å²) in [6.07, 6.45) is 1.66. The highest BCUT2D eigenvalue weighted by Gasteiger charge is 2.16. The van der Waals surface area contributed by atoms with Crippen molar-refractivity contribution >= 4 is 23.2 Å². The summed E-state index contributed by atoms with van der Waals surface area (Å²) in [5, 5.41) is 7.49. The predicted octanol–water partition coefficient (Wildman–Crippen LogP) is 4.75. The fourth-order valence-electron chi connectivity index (χ4n) is 2.97. The Morgan fingerprint density at radius 1 is 1.10 bits per heavy atom. The minimum absolute atomic E-state index is 0.131. The Labute approximate surface area is 172 Å². The second-order valence-electron chi connectivity index (χ2n) is 6.61. The molecule has 0 saturated heterocycles. The molecule has 3 aromatic heterocycles. The molecule has 0 spiro atoms. The highest BCUT2D eigenvalue weighted by atomic mass is 35.5. The van der Waals surface area contributed by atoms with Crippen LogP contribution in [0.3, 0.4) is 0 Å². The molecule has 7 nitrogen and oxygen atoms in total. The summed E-state index contributed by atoms with van der Waals surface area (Å²) in [6.45, 7) is 5.61. The molecule has 29 heavy (non-hydrogen) atoms. The Hall–Kier alpha value is -3.45. The van der Waals surface area contributed by atoms with Crippen molar-refractivity contribution < 1.29 is 9.21 Å². The van der Waals surface area contributed by atoms with Gasteiger partial charge in [0.1, 0.15) is 5.69 Å². The zero-order valence-electron chi connectivity index (χ0n) is 16.1. The van der Waals surface area contributed by atoms with E-state index in [0.717, 1.165) is 17.0 Å². The lowest BCUT2D eigenvalue weighted by Crippen LogP contribution is -2.16. The quantitative estimate of drug-likeness (QED) is 0.527. The third-order valence-corrected chi connectivity index (χ3v) is 4.63. The number of nitrogens with one attached hydrogen (secondary N) is 1. The summed E-state index contributed by atoms with van der Waals surface area (Å²) in [5.41, 5.74) is 3.40. The van der Waals surface area contributed by atoms with Gasteiger partial charge in [0, 0.05) is 23.9 Å². The average molecular weight is 408 g/mol. The number of carbonyl (C=O) groups is 1. The molecule has 1 N–H and O–H groups in total. The summed E-state index contributed by atoms with van der Waals surface area (Å²) >= 11 is 6.23. The molecular weight excluding hydrogens is 390 g/mol. The first kappa shape index (κ1) is 18.9. The molecule has 146 valence electrons. The van der Waals surface area contributed by atoms with Gasteiger partial charge in [-0.2, -0.15) is 5.10 Å². The lowest BCUT2D eigenvalue weighted by molar-refractivity contribution is 0.102. The van der Waals surface area contributed by atoms with Crippen LogP contribution in [0.5, 0.6) is 0 Å². The molecule has 1 aromatic carbocycles. The molecule has 0 bridgehead atoms. The summed E-state index contributed by atoms with van der Waals surface area (Å²) in [5.74, 6) is 1.39. The molecule has 0 aliphatic rings. The number of anilines is 1. The van der Waals surface area contributed by atoms with E-state index < -0.39 is 5.91 Å². The van der Waals surface area contributed by atoms with Crippen molar-refractivity contribution in [1.29, 1.82) is 0 Å². The standard InChI is InChI=1S/C21H18ClN5O2/c1-12-10-13(2)27(26-12)19-9-8-17(22)20(25-19)21(28)24-16-6-4-15(5-7-16)18-11-23-14(3)29-18/h4-11H,1-3H3,(H,24,28). The van der Waals surface area contributed by atoms with Gasteiger partial charge in [0.2, 0.25) is 0 Å². The molecule has 0 radical (unpaired) electrons. The molecule has 8 heteroatoms. The zero-order chi connectivity index (χ0) is 20.5. The minimum Gasteiger partial charge on any atom is -0.441 e. The van der Waals surface area contributed by atoms with Crippen molar-refractivity contribution in [2.24, 2.45) is 0 Å². The van der Waals surface area contributed by atoms with Gasteiger partial charge in [0.15, 0.2) is 17.5 Å². The molecule has 4 rings (SSSR count). The van der Waals surface area contributed by atoms with Crippen molar-refractivity contribution in [3.05, 3.63) is 76.7 Å². The summed E-state index contributed by atoms with van der Waals surface area (Å²) in [6, 6.07) is 12.6. The topological polar surface area (TPSA) is 85.8 Å². The SMILES string of the molecule is Cc1cc(C)n(-c2ccc(Cl)c(C(=O)Nc3ccc(-c4cnc(C)o4)cc3)n2)n1. The van der Waals surface area contributed by atoms with Crippen LogP contribution in [0.1, 0.15) is 27.8 Å². The van der Waals surface area contributed by atoms with Gasteiger partial charge in [-0.15, -0.1) is 0 Å². The number of hydrogen-bond acceptors (Lipinski definition) is 5. The number of oxazole rings is 1. The van der Waals surface area contributed by atoms with Crippen molar-refractivity contribution in [2.75, 3.05) is 5.32 Å². The van der Waals surface area contributed by atoms with Crippen molar-refractivity contribution in [1.82, 2.24) is 19.7 Å². The summed E-state index contributed by atoms with van der Waals surface area (Å²) < 4.78 is 7.19. The molecule has 0 unspecified atom stereocenters. The van der Waals surface area contributed by atoms with Gasteiger partial charge in [0.25, 0.3) is 5.91 Å². The Bertz CT molecular complexity index is 1190. The van der Waals surface area contributed by atoms with E-state index >= 15 is 0 Å². The van der Waals surface area contributed by atoms with Crippen LogP contribution >= 0.6 is 11.6 Å². The molecule has 1 amide bonds. The minimum atomic E-state index is -0.401. The molecule has 0 fully saturated rings. The number of pyridine rings is 1. The average Bonchev–Trinajstić information content (AvgIpc) is 3.27. The maximum Gasteiger partial charge on any atom is 0.275 e. The lowest BCUT2D eigenvalue weighted by Gasteiger charge is -2.09. The first-order valence-corrected chi connectivity index (χ1v) is 9.33. The van der Waals surface area contributed by atoms with Gasteiger partial charge in [0.05, 0.1) is 16.9 Å². The van der Waals surface area contributed by atoms with Crippen LogP contribution in [0.4, 0.5) is 5.69 Å². The van der Waals surface area contributed by atoms with Crippen molar-refractivity contribution in [2.45, 2.75) is 20.8 Å². The maximum absolute atomic E-state index is 12.8. The van der Waals surface area contributed by atoms with E-state index in [4.69, 9.17) is 16.0 Å². The monoisotopic (exact) mass is 407 g/mol. The number of halogens is 1. The Morgan fingerprint density at radius 2 is 1.86 bits per heavy atom. The smallest absolute Gasteiger partial charge is 0.275 e. The van der Waals surface area contributed by atoms with E-state index in [1.54, 1.807) is 42.1 Å². The highest BCUT2D eigenvalue weighted by molar-refractivity contribution is 6.34. The number of nitrogens with zero attached hydrogens (tertiary/aromatic N) is 4. The van der Waals surface area contributed by atoms with Gasteiger partial charge in [-0.1, -0.05) is 11.6 Å². The van der Waals surface area contributed by atoms with Crippen molar-refractivity contribution in [3.8, 4) is 17.1 Å². The first-order valence-electron chi connectivity index (χ1n) is 8.95. The second kappa shape index (κ2) is 7.52. The van der Waals surface area contributed by atoms with Gasteiger partial charge >= 0.3 is 0 Å². The highest BCUT2D eigenvalue weighted by Crippen LogP contribution is 2.23. The normalized spacial score (nSPS) is 10.9. The van der Waals surface area contributed by atoms with E-state index in [-0.39, 0.29) is 10.7 Å². The van der Waals surface area contributed by atoms with Gasteiger partial charge in [-0.3, -0.25) is 4.79 Å². The van der Waals surface area contributed by atoms with Gasteiger partial charge in [-0.25, -0.2) is 14.6 Å². The van der Waals surface area contributed by atoms with Gasteiger partial charge < -0.3 is 9.73 Å². The number of aromatic nitrogens is 4. The van der Waals surface area contributed by atoms with E-state index in [0.29, 0.717) is 23.2 Å².